The average Bonchev–Trinajstić information content (AvgIpc) is 4.13. The van der Waals surface area contributed by atoms with Gasteiger partial charge in [0.05, 0.1) is 28.3 Å². The van der Waals surface area contributed by atoms with Crippen LogP contribution in [-0.2, 0) is 34.0 Å². The molecule has 2 spiro atoms. The molecule has 2 saturated heterocycles. The Morgan fingerprint density at radius 2 is 1.52 bits per heavy atom. The first-order chi connectivity index (χ1) is 28.6. The van der Waals surface area contributed by atoms with Gasteiger partial charge < -0.3 is 10.2 Å². The number of Topliss-reactive ketones (excluding diaryl/α,β-unsaturated/α-hetero) is 2. The van der Waals surface area contributed by atoms with Crippen molar-refractivity contribution in [3.63, 3.8) is 0 Å². The summed E-state index contributed by atoms with van der Waals surface area (Å²) in [6.45, 7) is 21.9. The van der Waals surface area contributed by atoms with Crippen molar-refractivity contribution < 1.29 is 32.4 Å². The molecule has 2 N–H and O–H groups in total. The smallest absolute Gasteiger partial charge is 0.240 e. The maximum atomic E-state index is 15.4. The number of carbonyl (C=O) groups is 5. The van der Waals surface area contributed by atoms with Crippen LogP contribution < -0.4 is 10.0 Å². The van der Waals surface area contributed by atoms with E-state index in [1.165, 1.54) is 0 Å². The van der Waals surface area contributed by atoms with Gasteiger partial charge >= 0.3 is 0 Å². The number of allylic oxidation sites excluding steroid dienone is 1. The van der Waals surface area contributed by atoms with Crippen molar-refractivity contribution in [3.05, 3.63) is 12.7 Å². The van der Waals surface area contributed by atoms with E-state index in [1.807, 2.05) is 27.7 Å². The van der Waals surface area contributed by atoms with Gasteiger partial charge in [-0.15, -0.1) is 6.58 Å². The summed E-state index contributed by atoms with van der Waals surface area (Å²) in [5.74, 6) is -2.37. The largest absolute Gasteiger partial charge is 0.345 e. The van der Waals surface area contributed by atoms with Gasteiger partial charge in [-0.25, -0.2) is 8.42 Å². The van der Waals surface area contributed by atoms with Crippen LogP contribution in [0, 0.1) is 44.8 Å². The number of amides is 3. The second-order valence-electron chi connectivity index (χ2n) is 22.9. The molecule has 2 aliphatic heterocycles. The Morgan fingerprint density at radius 1 is 0.869 bits per heavy atom. The van der Waals surface area contributed by atoms with Gasteiger partial charge in [-0.2, -0.15) is 0 Å². The molecule has 7 fully saturated rings. The fourth-order valence-electron chi connectivity index (χ4n) is 13.6. The van der Waals surface area contributed by atoms with Gasteiger partial charge in [-0.05, 0) is 119 Å². The molecule has 61 heavy (non-hydrogen) atoms. The van der Waals surface area contributed by atoms with E-state index < -0.39 is 49.5 Å². The number of likely N-dealkylation sites (tertiary alicyclic amines) is 2. The quantitative estimate of drug-likeness (QED) is 0.142. The number of hydrogen-bond acceptors (Lipinski definition) is 8. The summed E-state index contributed by atoms with van der Waals surface area (Å²) in [7, 11) is -3.94. The highest BCUT2D eigenvalue weighted by atomic mass is 32.2. The first kappa shape index (κ1) is 46.4. The van der Waals surface area contributed by atoms with Crippen molar-refractivity contribution in [2.24, 2.45) is 44.8 Å². The lowest BCUT2D eigenvalue weighted by atomic mass is 9.73. The lowest BCUT2D eigenvalue weighted by Crippen LogP contribution is -2.57. The van der Waals surface area contributed by atoms with E-state index in [0.29, 0.717) is 45.1 Å². The highest BCUT2D eigenvalue weighted by Gasteiger charge is 2.85. The molecule has 0 aromatic carbocycles. The molecule has 0 bridgehead atoms. The van der Waals surface area contributed by atoms with Gasteiger partial charge in [0.25, 0.3) is 0 Å². The fraction of sp³-hybridized carbons (Fsp3) is 0.857. The minimum atomic E-state index is -3.94. The Bertz CT molecular complexity index is 1870. The van der Waals surface area contributed by atoms with E-state index in [4.69, 9.17) is 0 Å². The van der Waals surface area contributed by atoms with Gasteiger partial charge in [0.15, 0.2) is 11.6 Å². The number of fused-ring (bicyclic) bond motifs is 1. The van der Waals surface area contributed by atoms with Crippen LogP contribution in [0.25, 0.3) is 0 Å². The van der Waals surface area contributed by atoms with Crippen molar-refractivity contribution in [1.82, 2.24) is 19.8 Å². The van der Waals surface area contributed by atoms with Crippen LogP contribution in [0.1, 0.15) is 177 Å². The first-order valence-electron chi connectivity index (χ1n) is 24.2. The third-order valence-electron chi connectivity index (χ3n) is 18.2. The molecule has 3 amide bonds. The number of piperidine rings is 1. The third-order valence-corrected chi connectivity index (χ3v) is 20.4. The zero-order valence-corrected chi connectivity index (χ0v) is 39.7. The highest BCUT2D eigenvalue weighted by molar-refractivity contribution is 7.91. The van der Waals surface area contributed by atoms with Crippen molar-refractivity contribution in [3.8, 4) is 0 Å². The Balaban J connectivity index is 1.15. The Labute approximate surface area is 367 Å². The summed E-state index contributed by atoms with van der Waals surface area (Å²) in [5, 5.41) is 3.28. The second kappa shape index (κ2) is 16.4. The minimum absolute atomic E-state index is 0.00592. The standard InChI is InChI=1S/C49H78N4O7S/c1-10-21-46(24-25-46)61(59,60)51-43(58)47(28-34(47)11-2)30-39(55)37-29-49(45(8,9)48(49)22-17-23-48)31-53(37)42(57)35(44(5,6)7)27-38(54)40(33-18-13-12-14-19-33)50-41(56)36-20-15-16-26-52(36)32(3)4/h11,32-37,40H,2,10,12-31H2,1,3-9H3,(H,50,56)(H,51,58)/t34-,35-,36+,37+,40+,47-,49-/m1/s1. The molecule has 0 radical (unpaired) electrons. The van der Waals surface area contributed by atoms with Crippen molar-refractivity contribution in [2.75, 3.05) is 13.1 Å². The summed E-state index contributed by atoms with van der Waals surface area (Å²) < 4.78 is 28.7. The van der Waals surface area contributed by atoms with Crippen LogP contribution in [0.3, 0.4) is 0 Å². The number of ketones is 2. The summed E-state index contributed by atoms with van der Waals surface area (Å²) in [6.07, 6.45) is 15.3. The van der Waals surface area contributed by atoms with E-state index in [1.54, 1.807) is 11.0 Å². The summed E-state index contributed by atoms with van der Waals surface area (Å²) in [4.78, 5) is 77.5. The van der Waals surface area contributed by atoms with E-state index in [2.05, 4.69) is 49.2 Å². The van der Waals surface area contributed by atoms with Crippen molar-refractivity contribution in [2.45, 2.75) is 206 Å². The Kier molecular flexibility index (Phi) is 12.5. The van der Waals surface area contributed by atoms with Gasteiger partial charge in [-0.1, -0.05) is 86.1 Å². The van der Waals surface area contributed by atoms with Crippen LogP contribution in [0.2, 0.25) is 0 Å². The number of rotatable bonds is 17. The highest BCUT2D eigenvalue weighted by Crippen LogP contribution is 2.88. The zero-order chi connectivity index (χ0) is 44.6. The minimum Gasteiger partial charge on any atom is -0.345 e. The first-order valence-corrected chi connectivity index (χ1v) is 25.7. The Morgan fingerprint density at radius 3 is 2.05 bits per heavy atom. The molecule has 342 valence electrons. The average molecular weight is 867 g/mol. The summed E-state index contributed by atoms with van der Waals surface area (Å²) >= 11 is 0. The van der Waals surface area contributed by atoms with E-state index in [-0.39, 0.29) is 76.4 Å². The van der Waals surface area contributed by atoms with E-state index >= 15 is 4.79 Å². The number of nitrogens with one attached hydrogen (secondary N) is 2. The fourth-order valence-corrected chi connectivity index (χ4v) is 15.4. The molecule has 7 aliphatic rings. The lowest BCUT2D eigenvalue weighted by Gasteiger charge is -2.40. The molecular formula is C49H78N4O7S. The molecule has 0 unspecified atom stereocenters. The lowest BCUT2D eigenvalue weighted by molar-refractivity contribution is -0.147. The molecule has 5 aliphatic carbocycles. The zero-order valence-electron chi connectivity index (χ0n) is 38.8. The third kappa shape index (κ3) is 7.79. The maximum Gasteiger partial charge on any atom is 0.240 e. The monoisotopic (exact) mass is 867 g/mol. The Hall–Kier alpha value is -2.60. The normalized spacial score (nSPS) is 32.5. The predicted octanol–water partition coefficient (Wildman–Crippen LogP) is 7.66. The van der Waals surface area contributed by atoms with Crippen LogP contribution >= 0.6 is 0 Å². The van der Waals surface area contributed by atoms with Crippen LogP contribution in [-0.4, -0.2) is 89.5 Å². The van der Waals surface area contributed by atoms with Gasteiger partial charge in [0.1, 0.15) is 0 Å². The summed E-state index contributed by atoms with van der Waals surface area (Å²) in [6, 6.07) is -1.56. The van der Waals surface area contributed by atoms with Crippen LogP contribution in [0.4, 0.5) is 0 Å². The molecule has 5 saturated carbocycles. The molecule has 11 nitrogen and oxygen atoms in total. The molecule has 12 heteroatoms. The molecule has 2 heterocycles. The second-order valence-corrected chi connectivity index (χ2v) is 24.9. The van der Waals surface area contributed by atoms with Crippen molar-refractivity contribution >= 4 is 39.3 Å². The number of sulfonamides is 1. The molecule has 7 rings (SSSR count). The topological polar surface area (TPSA) is 150 Å². The predicted molar refractivity (Wildman–Crippen MR) is 237 cm³/mol. The number of hydrogen-bond donors (Lipinski definition) is 2. The van der Waals surface area contributed by atoms with Crippen LogP contribution in [0.15, 0.2) is 12.7 Å². The van der Waals surface area contributed by atoms with Gasteiger partial charge in [-0.3, -0.25) is 33.6 Å². The number of carbonyl (C=O) groups excluding carboxylic acids is 5. The number of nitrogens with zero attached hydrogens (tertiary/aromatic N) is 2. The van der Waals surface area contributed by atoms with Crippen LogP contribution in [0.5, 0.6) is 0 Å². The maximum absolute atomic E-state index is 15.4. The van der Waals surface area contributed by atoms with Gasteiger partial charge in [0, 0.05) is 36.8 Å². The van der Waals surface area contributed by atoms with E-state index in [9.17, 15) is 27.6 Å². The molecule has 0 aromatic rings. The molecule has 0 aromatic heterocycles. The molecular weight excluding hydrogens is 789 g/mol. The van der Waals surface area contributed by atoms with Gasteiger partial charge in [0.2, 0.25) is 27.7 Å². The van der Waals surface area contributed by atoms with E-state index in [0.717, 1.165) is 77.2 Å². The van der Waals surface area contributed by atoms with Crippen molar-refractivity contribution in [1.29, 1.82) is 0 Å². The molecule has 7 atom stereocenters. The summed E-state index contributed by atoms with van der Waals surface area (Å²) in [5.41, 5.74) is -2.20. The SMILES string of the molecule is C=C[C@@H]1C[C@]1(CC(=O)[C@@H]1C[C@@]2(CN1C(=O)[C@@H](CC(=O)[C@@H](NC(=O)[C@@H]1CCCCN1C(C)C)C1CCCCC1)C(C)(C)C)C(C)(C)C21CCC1)C(=O)NS(=O)(=O)C1(CCC)CC1.